The van der Waals surface area contributed by atoms with Crippen LogP contribution in [-0.2, 0) is 0 Å². The van der Waals surface area contributed by atoms with Crippen LogP contribution in [-0.4, -0.2) is 22.0 Å². The van der Waals surface area contributed by atoms with E-state index in [2.05, 4.69) is 11.4 Å². The van der Waals surface area contributed by atoms with E-state index < -0.39 is 10.8 Å². The van der Waals surface area contributed by atoms with Crippen molar-refractivity contribution < 1.29 is 14.8 Å². The van der Waals surface area contributed by atoms with Crippen LogP contribution in [0, 0.1) is 27.4 Å². The van der Waals surface area contributed by atoms with Gasteiger partial charge in [0.25, 0.3) is 11.6 Å². The van der Waals surface area contributed by atoms with Crippen molar-refractivity contribution in [3.8, 4) is 11.8 Å². The fraction of sp³-hybridized carbons (Fsp3) is 0.385. The molecule has 20 heavy (non-hydrogen) atoms. The highest BCUT2D eigenvalue weighted by atomic mass is 16.6. The maximum absolute atomic E-state index is 12.0. The molecule has 1 aliphatic carbocycles. The van der Waals surface area contributed by atoms with E-state index in [-0.39, 0.29) is 29.0 Å². The van der Waals surface area contributed by atoms with Gasteiger partial charge >= 0.3 is 0 Å². The number of non-ortho nitro benzene ring substituents is 1. The standard InChI is InChI=1S/C13H13N3O4/c14-7-8-2-1-3-12(8)15-13(18)9-4-10(16(19)20)6-11(17)5-9/h4-6,8,12,17H,1-3H2,(H,15,18). The molecule has 0 heterocycles. The SMILES string of the molecule is N#CC1CCCC1NC(=O)c1cc(O)cc([N+](=O)[O-])c1. The van der Waals surface area contributed by atoms with E-state index in [1.807, 2.05) is 0 Å². The van der Waals surface area contributed by atoms with Gasteiger partial charge in [0.15, 0.2) is 0 Å². The number of nitrogens with one attached hydrogen (secondary N) is 1. The van der Waals surface area contributed by atoms with Gasteiger partial charge in [-0.15, -0.1) is 0 Å². The van der Waals surface area contributed by atoms with Gasteiger partial charge in [0.05, 0.1) is 23.0 Å². The number of nitriles is 1. The molecule has 7 nitrogen and oxygen atoms in total. The first-order valence-electron chi connectivity index (χ1n) is 6.20. The van der Waals surface area contributed by atoms with Crippen LogP contribution in [0.4, 0.5) is 5.69 Å². The molecule has 2 rings (SSSR count). The van der Waals surface area contributed by atoms with Gasteiger partial charge in [-0.25, -0.2) is 0 Å². The van der Waals surface area contributed by atoms with Crippen LogP contribution in [0.5, 0.6) is 5.75 Å². The molecule has 2 atom stereocenters. The Hall–Kier alpha value is -2.62. The number of nitrogens with zero attached hydrogens (tertiary/aromatic N) is 2. The average molecular weight is 275 g/mol. The molecule has 2 N–H and O–H groups in total. The number of rotatable bonds is 3. The minimum Gasteiger partial charge on any atom is -0.508 e. The molecule has 1 fully saturated rings. The molecular formula is C13H13N3O4. The van der Waals surface area contributed by atoms with Gasteiger partial charge in [-0.2, -0.15) is 5.26 Å². The summed E-state index contributed by atoms with van der Waals surface area (Å²) in [5.74, 6) is -1.09. The number of amides is 1. The summed E-state index contributed by atoms with van der Waals surface area (Å²) in [6, 6.07) is 5.14. The van der Waals surface area contributed by atoms with Crippen molar-refractivity contribution >= 4 is 11.6 Å². The molecule has 1 aliphatic rings. The lowest BCUT2D eigenvalue weighted by molar-refractivity contribution is -0.385. The van der Waals surface area contributed by atoms with Crippen LogP contribution < -0.4 is 5.32 Å². The van der Waals surface area contributed by atoms with E-state index in [4.69, 9.17) is 5.26 Å². The number of hydrogen-bond donors (Lipinski definition) is 2. The Kier molecular flexibility index (Phi) is 3.84. The van der Waals surface area contributed by atoms with E-state index in [9.17, 15) is 20.0 Å². The second kappa shape index (κ2) is 5.57. The zero-order valence-corrected chi connectivity index (χ0v) is 10.6. The number of nitro benzene ring substituents is 1. The minimum atomic E-state index is -0.676. The van der Waals surface area contributed by atoms with Crippen molar-refractivity contribution in [1.82, 2.24) is 5.32 Å². The molecule has 2 unspecified atom stereocenters. The van der Waals surface area contributed by atoms with E-state index in [0.717, 1.165) is 25.0 Å². The van der Waals surface area contributed by atoms with Crippen molar-refractivity contribution in [2.45, 2.75) is 25.3 Å². The molecule has 0 aromatic heterocycles. The van der Waals surface area contributed by atoms with Gasteiger partial charge in [-0.3, -0.25) is 14.9 Å². The molecule has 1 saturated carbocycles. The highest BCUT2D eigenvalue weighted by molar-refractivity contribution is 5.95. The zero-order chi connectivity index (χ0) is 14.7. The largest absolute Gasteiger partial charge is 0.508 e. The second-order valence-corrected chi connectivity index (χ2v) is 4.74. The van der Waals surface area contributed by atoms with Gasteiger partial charge in [0, 0.05) is 17.7 Å². The molecule has 7 heteroatoms. The third-order valence-corrected chi connectivity index (χ3v) is 3.37. The van der Waals surface area contributed by atoms with Crippen molar-refractivity contribution in [3.05, 3.63) is 33.9 Å². The van der Waals surface area contributed by atoms with Gasteiger partial charge in [-0.05, 0) is 25.3 Å². The lowest BCUT2D eigenvalue weighted by Gasteiger charge is -2.15. The van der Waals surface area contributed by atoms with Gasteiger partial charge in [-0.1, -0.05) is 0 Å². The number of benzene rings is 1. The second-order valence-electron chi connectivity index (χ2n) is 4.74. The Morgan fingerprint density at radius 2 is 2.20 bits per heavy atom. The normalized spacial score (nSPS) is 21.1. The molecular weight excluding hydrogens is 262 g/mol. The van der Waals surface area contributed by atoms with Crippen molar-refractivity contribution in [2.75, 3.05) is 0 Å². The maximum Gasteiger partial charge on any atom is 0.273 e. The fourth-order valence-electron chi connectivity index (χ4n) is 2.37. The van der Waals surface area contributed by atoms with Gasteiger partial charge in [0.2, 0.25) is 0 Å². The molecule has 1 aromatic carbocycles. The maximum atomic E-state index is 12.0. The summed E-state index contributed by atoms with van der Waals surface area (Å²) in [6.45, 7) is 0. The van der Waals surface area contributed by atoms with E-state index in [1.54, 1.807) is 0 Å². The highest BCUT2D eigenvalue weighted by Gasteiger charge is 2.29. The van der Waals surface area contributed by atoms with E-state index >= 15 is 0 Å². The summed E-state index contributed by atoms with van der Waals surface area (Å²) >= 11 is 0. The monoisotopic (exact) mass is 275 g/mol. The zero-order valence-electron chi connectivity index (χ0n) is 10.6. The van der Waals surface area contributed by atoms with Crippen molar-refractivity contribution in [1.29, 1.82) is 5.26 Å². The first kappa shape index (κ1) is 13.8. The number of phenolic OH excluding ortho intramolecular Hbond substituents is 1. The fourth-order valence-corrected chi connectivity index (χ4v) is 2.37. The molecule has 0 spiro atoms. The minimum absolute atomic E-state index is 0.0142. The smallest absolute Gasteiger partial charge is 0.273 e. The number of hydrogen-bond acceptors (Lipinski definition) is 5. The molecule has 1 aromatic rings. The van der Waals surface area contributed by atoms with Crippen LogP contribution in [0.3, 0.4) is 0 Å². The topological polar surface area (TPSA) is 116 Å². The molecule has 0 radical (unpaired) electrons. The number of aromatic hydroxyl groups is 1. The first-order chi connectivity index (χ1) is 9.51. The lowest BCUT2D eigenvalue weighted by Crippen LogP contribution is -2.36. The van der Waals surface area contributed by atoms with E-state index in [0.29, 0.717) is 6.42 Å². The number of carbonyl (C=O) groups is 1. The Labute approximate surface area is 115 Å². The van der Waals surface area contributed by atoms with Crippen LogP contribution in [0.1, 0.15) is 29.6 Å². The van der Waals surface area contributed by atoms with Crippen molar-refractivity contribution in [2.24, 2.45) is 5.92 Å². The summed E-state index contributed by atoms with van der Waals surface area (Å²) in [4.78, 5) is 22.0. The Morgan fingerprint density at radius 1 is 1.45 bits per heavy atom. The lowest BCUT2D eigenvalue weighted by atomic mass is 10.1. The van der Waals surface area contributed by atoms with E-state index in [1.165, 1.54) is 6.07 Å². The van der Waals surface area contributed by atoms with Crippen LogP contribution in [0.15, 0.2) is 18.2 Å². The summed E-state index contributed by atoms with van der Waals surface area (Å²) in [5.41, 5.74) is -0.335. The van der Waals surface area contributed by atoms with Crippen LogP contribution in [0.25, 0.3) is 0 Å². The predicted octanol–water partition coefficient (Wildman–Crippen LogP) is 1.72. The quantitative estimate of drug-likeness (QED) is 0.643. The summed E-state index contributed by atoms with van der Waals surface area (Å²) in [7, 11) is 0. The Morgan fingerprint density at radius 3 is 2.85 bits per heavy atom. The predicted molar refractivity (Wildman–Crippen MR) is 69.0 cm³/mol. The van der Waals surface area contributed by atoms with Crippen LogP contribution >= 0.6 is 0 Å². The van der Waals surface area contributed by atoms with Gasteiger partial charge < -0.3 is 10.4 Å². The number of carbonyl (C=O) groups excluding carboxylic acids is 1. The first-order valence-corrected chi connectivity index (χ1v) is 6.20. The third kappa shape index (κ3) is 2.85. The molecule has 0 bridgehead atoms. The molecule has 0 saturated heterocycles. The third-order valence-electron chi connectivity index (χ3n) is 3.37. The van der Waals surface area contributed by atoms with Gasteiger partial charge in [0.1, 0.15) is 5.75 Å². The Bertz CT molecular complexity index is 594. The molecule has 1 amide bonds. The summed E-state index contributed by atoms with van der Waals surface area (Å²) < 4.78 is 0. The molecule has 0 aliphatic heterocycles. The summed E-state index contributed by atoms with van der Waals surface area (Å²) in [5, 5.41) is 31.7. The van der Waals surface area contributed by atoms with Crippen molar-refractivity contribution in [3.63, 3.8) is 0 Å². The Balaban J connectivity index is 2.17. The van der Waals surface area contributed by atoms with Crippen LogP contribution in [0.2, 0.25) is 0 Å². The molecule has 104 valence electrons. The summed E-state index contributed by atoms with van der Waals surface area (Å²) in [6.07, 6.45) is 2.32. The number of phenols is 1. The average Bonchev–Trinajstić information content (AvgIpc) is 2.85. The number of nitro groups is 1. The highest BCUT2D eigenvalue weighted by Crippen LogP contribution is 2.26.